The molecule has 7 heteroatoms. The van der Waals surface area contributed by atoms with E-state index < -0.39 is 0 Å². The number of para-hydroxylation sites is 1. The first-order valence-corrected chi connectivity index (χ1v) is 9.48. The molecule has 0 bridgehead atoms. The van der Waals surface area contributed by atoms with Crippen LogP contribution < -0.4 is 5.32 Å². The van der Waals surface area contributed by atoms with Crippen molar-refractivity contribution in [2.75, 3.05) is 5.32 Å². The van der Waals surface area contributed by atoms with Gasteiger partial charge in [-0.15, -0.1) is 10.2 Å². The molecule has 1 aromatic heterocycles. The van der Waals surface area contributed by atoms with Gasteiger partial charge >= 0.3 is 0 Å². The lowest BCUT2D eigenvalue weighted by Gasteiger charge is -2.17. The van der Waals surface area contributed by atoms with Gasteiger partial charge in [-0.2, -0.15) is 0 Å². The van der Waals surface area contributed by atoms with E-state index in [9.17, 15) is 4.79 Å². The fourth-order valence-electron chi connectivity index (χ4n) is 2.48. The molecule has 0 saturated carbocycles. The summed E-state index contributed by atoms with van der Waals surface area (Å²) in [6, 6.07) is 17.4. The molecule has 26 heavy (non-hydrogen) atoms. The molecule has 0 aliphatic heterocycles. The van der Waals surface area contributed by atoms with Gasteiger partial charge in [-0.1, -0.05) is 65.8 Å². The van der Waals surface area contributed by atoms with Gasteiger partial charge in [-0.3, -0.25) is 4.79 Å². The van der Waals surface area contributed by atoms with Gasteiger partial charge in [0.05, 0.1) is 22.0 Å². The molecule has 0 spiro atoms. The first-order valence-electron chi connectivity index (χ1n) is 8.22. The molecule has 0 fully saturated rings. The van der Waals surface area contributed by atoms with Crippen LogP contribution in [0.3, 0.4) is 0 Å². The Hall–Kier alpha value is -2.31. The second-order valence-electron chi connectivity index (χ2n) is 5.84. The van der Waals surface area contributed by atoms with Gasteiger partial charge in [-0.25, -0.2) is 0 Å². The molecule has 0 aliphatic carbocycles. The van der Waals surface area contributed by atoms with Crippen LogP contribution >= 0.6 is 23.4 Å². The Morgan fingerprint density at radius 1 is 1.12 bits per heavy atom. The largest absolute Gasteiger partial charge is 0.324 e. The van der Waals surface area contributed by atoms with Crippen LogP contribution in [0.15, 0.2) is 66.1 Å². The molecule has 1 heterocycles. The van der Waals surface area contributed by atoms with E-state index in [1.54, 1.807) is 18.5 Å². The highest BCUT2D eigenvalue weighted by Gasteiger charge is 2.20. The zero-order valence-electron chi connectivity index (χ0n) is 14.5. The number of nitrogens with one attached hydrogen (secondary N) is 1. The quantitative estimate of drug-likeness (QED) is 0.626. The van der Waals surface area contributed by atoms with Crippen LogP contribution in [-0.4, -0.2) is 25.9 Å². The molecule has 1 amide bonds. The summed E-state index contributed by atoms with van der Waals surface area (Å²) in [7, 11) is 0. The summed E-state index contributed by atoms with van der Waals surface area (Å²) < 4.78 is 1.97. The van der Waals surface area contributed by atoms with Gasteiger partial charge in [0.25, 0.3) is 0 Å². The predicted octanol–water partition coefficient (Wildman–Crippen LogP) is 4.66. The van der Waals surface area contributed by atoms with Crippen molar-refractivity contribution in [3.8, 4) is 0 Å². The second kappa shape index (κ2) is 8.38. The molecule has 1 N–H and O–H groups in total. The third kappa shape index (κ3) is 4.26. The summed E-state index contributed by atoms with van der Waals surface area (Å²) >= 11 is 7.47. The molecule has 134 valence electrons. The lowest BCUT2D eigenvalue weighted by molar-refractivity contribution is -0.115. The van der Waals surface area contributed by atoms with Crippen molar-refractivity contribution in [1.82, 2.24) is 14.8 Å². The highest BCUT2D eigenvalue weighted by atomic mass is 35.5. The molecule has 3 rings (SSSR count). The molecule has 0 unspecified atom stereocenters. The number of thioether (sulfide) groups is 1. The molecule has 3 aromatic rings. The Balaban J connectivity index is 1.70. The van der Waals surface area contributed by atoms with Crippen molar-refractivity contribution >= 4 is 35.0 Å². The van der Waals surface area contributed by atoms with Crippen LogP contribution in [0.2, 0.25) is 5.02 Å². The van der Waals surface area contributed by atoms with E-state index in [1.807, 2.05) is 41.8 Å². The number of halogens is 1. The van der Waals surface area contributed by atoms with Crippen LogP contribution in [0.25, 0.3) is 0 Å². The molecule has 2 aromatic carbocycles. The number of hydrogen-bond donors (Lipinski definition) is 1. The Kier molecular flexibility index (Phi) is 5.96. The van der Waals surface area contributed by atoms with E-state index in [0.29, 0.717) is 15.9 Å². The van der Waals surface area contributed by atoms with E-state index in [2.05, 4.69) is 34.6 Å². The monoisotopic (exact) mass is 386 g/mol. The molecule has 0 saturated heterocycles. The summed E-state index contributed by atoms with van der Waals surface area (Å²) in [6.07, 6.45) is 1.69. The fraction of sp³-hybridized carbons (Fsp3) is 0.211. The normalized spacial score (nSPS) is 13.2. The molecule has 0 radical (unpaired) electrons. The van der Waals surface area contributed by atoms with Crippen LogP contribution in [0.5, 0.6) is 0 Å². The highest BCUT2D eigenvalue weighted by Crippen LogP contribution is 2.28. The van der Waals surface area contributed by atoms with E-state index in [1.165, 1.54) is 11.8 Å². The maximum absolute atomic E-state index is 12.5. The van der Waals surface area contributed by atoms with Crippen molar-refractivity contribution in [1.29, 1.82) is 0 Å². The predicted molar refractivity (Wildman–Crippen MR) is 106 cm³/mol. The van der Waals surface area contributed by atoms with Gasteiger partial charge in [0.1, 0.15) is 6.33 Å². The van der Waals surface area contributed by atoms with E-state index in [-0.39, 0.29) is 17.2 Å². The maximum atomic E-state index is 12.5. The third-order valence-electron chi connectivity index (χ3n) is 4.02. The van der Waals surface area contributed by atoms with E-state index in [0.717, 1.165) is 5.56 Å². The highest BCUT2D eigenvalue weighted by molar-refractivity contribution is 8.00. The molecular weight excluding hydrogens is 368 g/mol. The lowest BCUT2D eigenvalue weighted by Crippen LogP contribution is -2.23. The average molecular weight is 387 g/mol. The smallest absolute Gasteiger partial charge is 0.237 e. The summed E-state index contributed by atoms with van der Waals surface area (Å²) in [6.45, 7) is 3.92. The second-order valence-corrected chi connectivity index (χ2v) is 7.55. The standard InChI is InChI=1S/C19H19ClN4OS/c1-13(15-8-4-3-5-9-15)24-12-21-23-19(24)26-14(2)18(25)22-17-11-7-6-10-16(17)20/h3-14H,1-2H3,(H,22,25)/t13-,14+/m1/s1. The van der Waals surface area contributed by atoms with Gasteiger partial charge in [0.15, 0.2) is 5.16 Å². The molecule has 0 aliphatic rings. The van der Waals surface area contributed by atoms with Crippen LogP contribution in [0, 0.1) is 0 Å². The Morgan fingerprint density at radius 3 is 2.54 bits per heavy atom. The first kappa shape index (κ1) is 18.5. The minimum atomic E-state index is -0.350. The zero-order valence-corrected chi connectivity index (χ0v) is 16.0. The third-order valence-corrected chi connectivity index (χ3v) is 5.42. The lowest BCUT2D eigenvalue weighted by atomic mass is 10.1. The molecule has 2 atom stereocenters. The summed E-state index contributed by atoms with van der Waals surface area (Å²) in [5, 5.41) is 11.9. The number of carbonyl (C=O) groups is 1. The Labute approximate surface area is 161 Å². The topological polar surface area (TPSA) is 59.8 Å². The van der Waals surface area contributed by atoms with Crippen molar-refractivity contribution in [2.24, 2.45) is 0 Å². The maximum Gasteiger partial charge on any atom is 0.237 e. The number of aromatic nitrogens is 3. The minimum absolute atomic E-state index is 0.0764. The zero-order chi connectivity index (χ0) is 18.5. The minimum Gasteiger partial charge on any atom is -0.324 e. The van der Waals surface area contributed by atoms with Crippen LogP contribution in [0.4, 0.5) is 5.69 Å². The van der Waals surface area contributed by atoms with Crippen LogP contribution in [0.1, 0.15) is 25.5 Å². The van der Waals surface area contributed by atoms with Crippen molar-refractivity contribution in [3.05, 3.63) is 71.5 Å². The van der Waals surface area contributed by atoms with Crippen molar-refractivity contribution in [3.63, 3.8) is 0 Å². The first-order chi connectivity index (χ1) is 12.6. The average Bonchev–Trinajstić information content (AvgIpc) is 3.11. The fourth-order valence-corrected chi connectivity index (χ4v) is 3.57. The molecule has 5 nitrogen and oxygen atoms in total. The number of hydrogen-bond acceptors (Lipinski definition) is 4. The number of rotatable bonds is 6. The van der Waals surface area contributed by atoms with Gasteiger partial charge in [0.2, 0.25) is 5.91 Å². The number of benzene rings is 2. The summed E-state index contributed by atoms with van der Waals surface area (Å²) in [5.41, 5.74) is 1.76. The van der Waals surface area contributed by atoms with Crippen LogP contribution in [-0.2, 0) is 4.79 Å². The summed E-state index contributed by atoms with van der Waals surface area (Å²) in [5.74, 6) is -0.134. The number of nitrogens with zero attached hydrogens (tertiary/aromatic N) is 3. The number of carbonyl (C=O) groups excluding carboxylic acids is 1. The van der Waals surface area contributed by atoms with Gasteiger partial charge in [0, 0.05) is 0 Å². The number of amides is 1. The SMILES string of the molecule is C[C@H](Sc1nncn1[C@H](C)c1ccccc1)C(=O)Nc1ccccc1Cl. The Bertz CT molecular complexity index is 884. The van der Waals surface area contributed by atoms with Crippen molar-refractivity contribution in [2.45, 2.75) is 30.3 Å². The van der Waals surface area contributed by atoms with Crippen molar-refractivity contribution < 1.29 is 4.79 Å². The number of anilines is 1. The molecular formula is C19H19ClN4OS. The van der Waals surface area contributed by atoms with E-state index >= 15 is 0 Å². The van der Waals surface area contributed by atoms with Gasteiger partial charge < -0.3 is 9.88 Å². The summed E-state index contributed by atoms with van der Waals surface area (Å²) in [4.78, 5) is 12.5. The van der Waals surface area contributed by atoms with E-state index in [4.69, 9.17) is 11.6 Å². The van der Waals surface area contributed by atoms with Gasteiger partial charge in [-0.05, 0) is 31.5 Å². The Morgan fingerprint density at radius 2 is 1.81 bits per heavy atom.